The van der Waals surface area contributed by atoms with Gasteiger partial charge in [-0.15, -0.1) is 0 Å². The van der Waals surface area contributed by atoms with E-state index in [4.69, 9.17) is 0 Å². The molecule has 180 valence electrons. The molecule has 0 amide bonds. The van der Waals surface area contributed by atoms with Crippen molar-refractivity contribution in [1.29, 1.82) is 0 Å². The molecule has 0 saturated heterocycles. The third kappa shape index (κ3) is 5.20. The Morgan fingerprint density at radius 2 is 2.06 bits per heavy atom. The summed E-state index contributed by atoms with van der Waals surface area (Å²) < 4.78 is 27.7. The van der Waals surface area contributed by atoms with Gasteiger partial charge in [-0.3, -0.25) is 9.78 Å². The molecule has 0 fully saturated rings. The monoisotopic (exact) mass is 484 g/mol. The number of hydrogen-bond donors (Lipinski definition) is 1. The molecule has 2 aliphatic rings. The highest BCUT2D eigenvalue weighted by atomic mass is 31.0. The number of nitrogens with zero attached hydrogens (tertiary/aromatic N) is 3. The van der Waals surface area contributed by atoms with Crippen LogP contribution in [-0.4, -0.2) is 26.4 Å². The fourth-order valence-corrected chi connectivity index (χ4v) is 4.88. The number of aromatic amines is 1. The lowest BCUT2D eigenvalue weighted by molar-refractivity contribution is 0.103. The first-order chi connectivity index (χ1) is 16.2. The number of H-pyrrole nitrogens is 1. The number of rotatable bonds is 6. The van der Waals surface area contributed by atoms with E-state index < -0.39 is 5.66 Å². The quantitative estimate of drug-likeness (QED) is 0.416. The number of fused-ring (bicyclic) bond motifs is 1. The van der Waals surface area contributed by atoms with E-state index >= 15 is 0 Å². The van der Waals surface area contributed by atoms with E-state index in [0.717, 1.165) is 60.3 Å². The first-order valence-electron chi connectivity index (χ1n) is 11.7. The van der Waals surface area contributed by atoms with Crippen LogP contribution in [0.25, 0.3) is 11.6 Å². The Morgan fingerprint density at radius 3 is 2.71 bits per heavy atom. The highest BCUT2D eigenvalue weighted by Crippen LogP contribution is 2.36. The Hall–Kier alpha value is -2.66. The summed E-state index contributed by atoms with van der Waals surface area (Å²) in [6.07, 6.45) is 11.5. The minimum atomic E-state index is -3.00. The molecule has 3 heterocycles. The van der Waals surface area contributed by atoms with Gasteiger partial charge in [0.2, 0.25) is 0 Å². The molecule has 2 aromatic heterocycles. The summed E-state index contributed by atoms with van der Waals surface area (Å²) in [7, 11) is 1.59. The zero-order valence-corrected chi connectivity index (χ0v) is 21.1. The van der Waals surface area contributed by atoms with Crippen LogP contribution >= 0.6 is 9.24 Å². The zero-order chi connectivity index (χ0) is 24.5. The van der Waals surface area contributed by atoms with Gasteiger partial charge >= 0.3 is 0 Å². The second-order valence-electron chi connectivity index (χ2n) is 9.07. The van der Waals surface area contributed by atoms with Gasteiger partial charge in [0.15, 0.2) is 0 Å². The van der Waals surface area contributed by atoms with Crippen LogP contribution in [-0.2, 0) is 18.6 Å². The van der Waals surface area contributed by atoms with Crippen molar-refractivity contribution in [2.75, 3.05) is 6.54 Å². The van der Waals surface area contributed by atoms with Crippen molar-refractivity contribution in [3.05, 3.63) is 79.9 Å². The van der Waals surface area contributed by atoms with E-state index in [2.05, 4.69) is 39.8 Å². The minimum Gasteiger partial charge on any atom is -0.367 e. The van der Waals surface area contributed by atoms with Crippen LogP contribution in [0.5, 0.6) is 0 Å². The number of halogens is 2. The van der Waals surface area contributed by atoms with Crippen molar-refractivity contribution < 1.29 is 8.78 Å². The summed E-state index contributed by atoms with van der Waals surface area (Å²) in [6.45, 7) is 7.43. The van der Waals surface area contributed by atoms with E-state index in [1.165, 1.54) is 11.8 Å². The summed E-state index contributed by atoms with van der Waals surface area (Å²) in [5.74, 6) is 0.510. The molecule has 34 heavy (non-hydrogen) atoms. The Kier molecular flexibility index (Phi) is 7.13. The molecule has 0 spiro atoms. The average molecular weight is 485 g/mol. The Bertz CT molecular complexity index is 1240. The van der Waals surface area contributed by atoms with Crippen molar-refractivity contribution in [2.45, 2.75) is 65.1 Å². The Balaban J connectivity index is 1.64. The van der Waals surface area contributed by atoms with Gasteiger partial charge in [0.05, 0.1) is 5.56 Å². The molecule has 1 unspecified atom stereocenters. The molecular formula is C26H31F2N4OP. The molecule has 0 aromatic carbocycles. The largest absolute Gasteiger partial charge is 0.367 e. The predicted molar refractivity (Wildman–Crippen MR) is 135 cm³/mol. The number of hydrogen-bond acceptors (Lipinski definition) is 4. The SMILES string of the molecule is CC/C(C)=C(/C(C)=C\c1ncc(C2=CCCC2)c(=O)[nH]1)N1CCc2ncc(C(F)(F)P)cc2C1. The van der Waals surface area contributed by atoms with E-state index in [-0.39, 0.29) is 11.1 Å². The molecule has 1 aliphatic heterocycles. The standard InChI is InChI=1S/C26H31F2N4OP/c1-4-16(2)24(32-10-9-22-19(15-32)12-20(13-29-22)26(27,28)34)17(3)11-23-30-14-21(25(33)31-23)18-7-5-6-8-18/h7,11-14H,4-6,8-10,15,34H2,1-3H3,(H,30,31,33)/b17-11-,24-16-. The topological polar surface area (TPSA) is 61.9 Å². The van der Waals surface area contributed by atoms with Gasteiger partial charge in [-0.2, -0.15) is 8.78 Å². The van der Waals surface area contributed by atoms with Gasteiger partial charge in [-0.05, 0) is 74.0 Å². The lowest BCUT2D eigenvalue weighted by Gasteiger charge is -2.34. The summed E-state index contributed by atoms with van der Waals surface area (Å²) in [5, 5.41) is 0. The van der Waals surface area contributed by atoms with Gasteiger partial charge in [-0.25, -0.2) is 4.98 Å². The molecule has 2 aromatic rings. The zero-order valence-electron chi connectivity index (χ0n) is 19.9. The number of aromatic nitrogens is 3. The van der Waals surface area contributed by atoms with Crippen molar-refractivity contribution in [1.82, 2.24) is 19.9 Å². The second-order valence-corrected chi connectivity index (χ2v) is 9.79. The number of pyridine rings is 1. The summed E-state index contributed by atoms with van der Waals surface area (Å²) in [4.78, 5) is 26.6. The highest BCUT2D eigenvalue weighted by Gasteiger charge is 2.28. The fourth-order valence-electron chi connectivity index (χ4n) is 4.72. The highest BCUT2D eigenvalue weighted by molar-refractivity contribution is 7.17. The molecule has 0 saturated carbocycles. The van der Waals surface area contributed by atoms with Crippen LogP contribution in [0.2, 0.25) is 0 Å². The minimum absolute atomic E-state index is 0.0950. The number of allylic oxidation sites excluding steroid dienone is 4. The second kappa shape index (κ2) is 9.91. The van der Waals surface area contributed by atoms with E-state index in [1.807, 2.05) is 13.0 Å². The first kappa shape index (κ1) is 24.5. The predicted octanol–water partition coefficient (Wildman–Crippen LogP) is 5.80. The molecule has 1 aliphatic carbocycles. The molecule has 4 rings (SSSR count). The number of alkyl halides is 2. The van der Waals surface area contributed by atoms with Crippen LogP contribution in [0, 0.1) is 0 Å². The lowest BCUT2D eigenvalue weighted by Crippen LogP contribution is -2.32. The molecule has 1 atom stereocenters. The Labute approximate surface area is 201 Å². The Morgan fingerprint density at radius 1 is 1.26 bits per heavy atom. The van der Waals surface area contributed by atoms with Crippen LogP contribution in [0.1, 0.15) is 74.7 Å². The first-order valence-corrected chi connectivity index (χ1v) is 12.3. The van der Waals surface area contributed by atoms with Gasteiger partial charge in [-0.1, -0.05) is 22.2 Å². The van der Waals surface area contributed by atoms with Crippen molar-refractivity contribution in [3.63, 3.8) is 0 Å². The third-order valence-corrected chi connectivity index (χ3v) is 6.94. The maximum atomic E-state index is 13.8. The fraction of sp³-hybridized carbons (Fsp3) is 0.423. The normalized spacial score (nSPS) is 17.4. The van der Waals surface area contributed by atoms with Crippen LogP contribution in [0.4, 0.5) is 8.78 Å². The van der Waals surface area contributed by atoms with Crippen LogP contribution < -0.4 is 5.56 Å². The molecule has 0 radical (unpaired) electrons. The maximum Gasteiger partial charge on any atom is 0.285 e. The molecule has 8 heteroatoms. The summed E-state index contributed by atoms with van der Waals surface area (Å²) in [6, 6.07) is 1.56. The van der Waals surface area contributed by atoms with E-state index in [9.17, 15) is 13.6 Å². The third-order valence-electron chi connectivity index (χ3n) is 6.61. The van der Waals surface area contributed by atoms with Gasteiger partial charge < -0.3 is 9.88 Å². The smallest absolute Gasteiger partial charge is 0.285 e. The maximum absolute atomic E-state index is 13.8. The van der Waals surface area contributed by atoms with E-state index in [1.54, 1.807) is 21.5 Å². The molecule has 0 bridgehead atoms. The van der Waals surface area contributed by atoms with Crippen molar-refractivity contribution >= 4 is 20.9 Å². The summed E-state index contributed by atoms with van der Waals surface area (Å²) >= 11 is 0. The average Bonchev–Trinajstić information content (AvgIpc) is 3.32. The number of nitrogens with one attached hydrogen (secondary N) is 1. The van der Waals surface area contributed by atoms with Crippen LogP contribution in [0.3, 0.4) is 0 Å². The van der Waals surface area contributed by atoms with Gasteiger partial charge in [0.25, 0.3) is 11.2 Å². The molecule has 1 N–H and O–H groups in total. The molecular weight excluding hydrogens is 453 g/mol. The van der Waals surface area contributed by atoms with Gasteiger partial charge in [0.1, 0.15) is 5.82 Å². The van der Waals surface area contributed by atoms with Gasteiger partial charge in [0, 0.05) is 48.9 Å². The van der Waals surface area contributed by atoms with Crippen molar-refractivity contribution in [3.8, 4) is 0 Å². The van der Waals surface area contributed by atoms with E-state index in [0.29, 0.717) is 24.4 Å². The summed E-state index contributed by atoms with van der Waals surface area (Å²) in [5.41, 5.74) is 3.40. The lowest BCUT2D eigenvalue weighted by atomic mass is 9.99. The van der Waals surface area contributed by atoms with Crippen LogP contribution in [0.15, 0.2) is 46.2 Å². The molecule has 5 nitrogen and oxygen atoms in total. The van der Waals surface area contributed by atoms with Crippen molar-refractivity contribution in [2.24, 2.45) is 0 Å².